The Hall–Kier alpha value is -3.12. The second-order valence-electron chi connectivity index (χ2n) is 9.60. The zero-order chi connectivity index (χ0) is 21.9. The normalized spacial score (nSPS) is 13.7. The fourth-order valence-corrected chi connectivity index (χ4v) is 5.73. The van der Waals surface area contributed by atoms with Gasteiger partial charge in [-0.15, -0.1) is 0 Å². The smallest absolute Gasteiger partial charge is 0.0590 e. The van der Waals surface area contributed by atoms with Gasteiger partial charge in [0.25, 0.3) is 0 Å². The summed E-state index contributed by atoms with van der Waals surface area (Å²) < 4.78 is 0. The first kappa shape index (κ1) is 19.8. The van der Waals surface area contributed by atoms with Crippen molar-refractivity contribution in [2.45, 2.75) is 47.0 Å². The van der Waals surface area contributed by atoms with E-state index in [2.05, 4.69) is 114 Å². The molecular formula is C31H30. The predicted molar refractivity (Wildman–Crippen MR) is 132 cm³/mol. The van der Waals surface area contributed by atoms with E-state index in [-0.39, 0.29) is 5.41 Å². The second-order valence-corrected chi connectivity index (χ2v) is 9.60. The maximum absolute atomic E-state index is 2.39. The van der Waals surface area contributed by atoms with Crippen molar-refractivity contribution in [1.82, 2.24) is 0 Å². The monoisotopic (exact) mass is 402 g/mol. The largest absolute Gasteiger partial charge is 0.0713 e. The minimum Gasteiger partial charge on any atom is -0.0590 e. The molecule has 0 spiro atoms. The SMILES string of the molecule is Cc1cc(C)cc(C2(c3cc(C)cc(C)c3)c3ccc(C)cc3-c3cc(C)ccc32)c1. The van der Waals surface area contributed by atoms with Crippen molar-refractivity contribution >= 4 is 0 Å². The number of hydrogen-bond donors (Lipinski definition) is 0. The van der Waals surface area contributed by atoms with E-state index in [0.29, 0.717) is 0 Å². The van der Waals surface area contributed by atoms with Gasteiger partial charge in [-0.3, -0.25) is 0 Å². The molecule has 0 aliphatic heterocycles. The van der Waals surface area contributed by atoms with E-state index >= 15 is 0 Å². The maximum atomic E-state index is 2.39. The van der Waals surface area contributed by atoms with E-state index in [4.69, 9.17) is 0 Å². The van der Waals surface area contributed by atoms with Gasteiger partial charge in [0.05, 0.1) is 5.41 Å². The predicted octanol–water partition coefficient (Wildman–Crippen LogP) is 7.90. The van der Waals surface area contributed by atoms with Crippen LogP contribution in [0.4, 0.5) is 0 Å². The second kappa shape index (κ2) is 6.95. The Kier molecular flexibility index (Phi) is 4.45. The third-order valence-electron chi connectivity index (χ3n) is 6.76. The highest BCUT2D eigenvalue weighted by Crippen LogP contribution is 2.56. The summed E-state index contributed by atoms with van der Waals surface area (Å²) in [4.78, 5) is 0. The number of fused-ring (bicyclic) bond motifs is 3. The van der Waals surface area contributed by atoms with Crippen LogP contribution < -0.4 is 0 Å². The lowest BCUT2D eigenvalue weighted by Gasteiger charge is -2.35. The van der Waals surface area contributed by atoms with Crippen molar-refractivity contribution in [2.24, 2.45) is 0 Å². The lowest BCUT2D eigenvalue weighted by atomic mass is 9.66. The molecule has 0 aromatic heterocycles. The molecule has 1 aliphatic carbocycles. The Morgan fingerprint density at radius 3 is 1.10 bits per heavy atom. The number of hydrogen-bond acceptors (Lipinski definition) is 0. The van der Waals surface area contributed by atoms with Crippen LogP contribution >= 0.6 is 0 Å². The van der Waals surface area contributed by atoms with Crippen LogP contribution in [0.5, 0.6) is 0 Å². The maximum Gasteiger partial charge on any atom is 0.0713 e. The highest BCUT2D eigenvalue weighted by atomic mass is 14.5. The van der Waals surface area contributed by atoms with Crippen LogP contribution in [0.1, 0.15) is 55.6 Å². The summed E-state index contributed by atoms with van der Waals surface area (Å²) in [6.45, 7) is 13.3. The molecule has 0 saturated heterocycles. The quantitative estimate of drug-likeness (QED) is 0.281. The van der Waals surface area contributed by atoms with Gasteiger partial charge in [0.15, 0.2) is 0 Å². The zero-order valence-corrected chi connectivity index (χ0v) is 19.4. The van der Waals surface area contributed by atoms with Gasteiger partial charge in [0, 0.05) is 0 Å². The molecule has 0 heteroatoms. The molecule has 0 N–H and O–H groups in total. The molecule has 0 amide bonds. The van der Waals surface area contributed by atoms with Gasteiger partial charge in [-0.25, -0.2) is 0 Å². The van der Waals surface area contributed by atoms with E-state index < -0.39 is 0 Å². The van der Waals surface area contributed by atoms with Crippen LogP contribution in [-0.4, -0.2) is 0 Å². The van der Waals surface area contributed by atoms with Gasteiger partial charge in [-0.1, -0.05) is 106 Å². The van der Waals surface area contributed by atoms with Crippen molar-refractivity contribution in [2.75, 3.05) is 0 Å². The summed E-state index contributed by atoms with van der Waals surface area (Å²) in [5.74, 6) is 0. The zero-order valence-electron chi connectivity index (χ0n) is 19.4. The van der Waals surface area contributed by atoms with Crippen molar-refractivity contribution < 1.29 is 0 Å². The molecule has 1 aliphatic rings. The van der Waals surface area contributed by atoms with E-state index in [1.165, 1.54) is 66.8 Å². The minimum atomic E-state index is -0.306. The first-order valence-corrected chi connectivity index (χ1v) is 11.2. The standard InChI is InChI=1S/C31H30/c1-19-7-9-29-27(17-19)28-18-20(2)8-10-30(28)31(29,25-13-21(3)11-22(4)14-25)26-15-23(5)12-24(6)16-26/h7-18H,1-6H3. The molecule has 4 aromatic carbocycles. The van der Waals surface area contributed by atoms with Crippen molar-refractivity contribution in [1.29, 1.82) is 0 Å². The Morgan fingerprint density at radius 2 is 0.742 bits per heavy atom. The van der Waals surface area contributed by atoms with E-state index in [9.17, 15) is 0 Å². The Bertz CT molecular complexity index is 1190. The third-order valence-corrected chi connectivity index (χ3v) is 6.76. The Morgan fingerprint density at radius 1 is 0.387 bits per heavy atom. The Labute approximate surface area is 186 Å². The summed E-state index contributed by atoms with van der Waals surface area (Å²) in [6, 6.07) is 28.2. The first-order chi connectivity index (χ1) is 14.8. The minimum absolute atomic E-state index is 0.306. The molecule has 0 saturated carbocycles. The lowest BCUT2D eigenvalue weighted by molar-refractivity contribution is 0.763. The highest BCUT2D eigenvalue weighted by molar-refractivity contribution is 5.87. The van der Waals surface area contributed by atoms with Crippen LogP contribution in [0.25, 0.3) is 11.1 Å². The van der Waals surface area contributed by atoms with E-state index in [0.717, 1.165) is 0 Å². The van der Waals surface area contributed by atoms with E-state index in [1.54, 1.807) is 0 Å². The molecule has 0 fully saturated rings. The van der Waals surface area contributed by atoms with Gasteiger partial charge in [0.2, 0.25) is 0 Å². The summed E-state index contributed by atoms with van der Waals surface area (Å²) in [5.41, 5.74) is 15.8. The molecule has 0 bridgehead atoms. The van der Waals surface area contributed by atoms with Crippen molar-refractivity contribution in [3.8, 4) is 11.1 Å². The molecule has 31 heavy (non-hydrogen) atoms. The van der Waals surface area contributed by atoms with Crippen LogP contribution in [0.3, 0.4) is 0 Å². The van der Waals surface area contributed by atoms with Crippen molar-refractivity contribution in [3.63, 3.8) is 0 Å². The van der Waals surface area contributed by atoms with Crippen LogP contribution in [0.2, 0.25) is 0 Å². The summed E-state index contributed by atoms with van der Waals surface area (Å²) in [6.07, 6.45) is 0. The number of rotatable bonds is 2. The molecule has 5 rings (SSSR count). The molecule has 0 unspecified atom stereocenters. The molecule has 4 aromatic rings. The molecular weight excluding hydrogens is 372 g/mol. The average Bonchev–Trinajstić information content (AvgIpc) is 2.96. The fourth-order valence-electron chi connectivity index (χ4n) is 5.73. The third kappa shape index (κ3) is 2.97. The summed E-state index contributed by atoms with van der Waals surface area (Å²) >= 11 is 0. The van der Waals surface area contributed by atoms with Gasteiger partial charge < -0.3 is 0 Å². The van der Waals surface area contributed by atoms with Gasteiger partial charge in [-0.2, -0.15) is 0 Å². The van der Waals surface area contributed by atoms with Gasteiger partial charge in [0.1, 0.15) is 0 Å². The molecule has 0 heterocycles. The highest BCUT2D eigenvalue weighted by Gasteiger charge is 2.46. The first-order valence-electron chi connectivity index (χ1n) is 11.2. The molecule has 0 atom stereocenters. The van der Waals surface area contributed by atoms with Crippen LogP contribution in [-0.2, 0) is 5.41 Å². The fraction of sp³-hybridized carbons (Fsp3) is 0.226. The summed E-state index contributed by atoms with van der Waals surface area (Å²) in [5, 5.41) is 0. The van der Waals surface area contributed by atoms with Crippen molar-refractivity contribution in [3.05, 3.63) is 128 Å². The van der Waals surface area contributed by atoms with Crippen LogP contribution in [0.15, 0.2) is 72.8 Å². The topological polar surface area (TPSA) is 0 Å². The van der Waals surface area contributed by atoms with Gasteiger partial charge in [-0.05, 0) is 74.9 Å². The number of benzene rings is 4. The molecule has 0 nitrogen and oxygen atoms in total. The Balaban J connectivity index is 2.01. The average molecular weight is 403 g/mol. The summed E-state index contributed by atoms with van der Waals surface area (Å²) in [7, 11) is 0. The van der Waals surface area contributed by atoms with Gasteiger partial charge >= 0.3 is 0 Å². The lowest BCUT2D eigenvalue weighted by Crippen LogP contribution is -2.29. The molecule has 0 radical (unpaired) electrons. The molecule has 154 valence electrons. The number of aryl methyl sites for hydroxylation is 6. The van der Waals surface area contributed by atoms with E-state index in [1.807, 2.05) is 0 Å². The van der Waals surface area contributed by atoms with Crippen LogP contribution in [0, 0.1) is 41.5 Å².